The van der Waals surface area contributed by atoms with Gasteiger partial charge in [-0.3, -0.25) is 14.4 Å². The number of amides is 2. The number of rotatable bonds is 6. The predicted octanol–water partition coefficient (Wildman–Crippen LogP) is 2.23. The van der Waals surface area contributed by atoms with Gasteiger partial charge in [-0.1, -0.05) is 35.5 Å². The summed E-state index contributed by atoms with van der Waals surface area (Å²) >= 11 is 7.07. The fraction of sp³-hybridized carbons (Fsp3) is 0.400. The van der Waals surface area contributed by atoms with Crippen LogP contribution in [0.25, 0.3) is 0 Å². The van der Waals surface area contributed by atoms with Crippen LogP contribution in [0.1, 0.15) is 18.5 Å². The first-order valence-electron chi connectivity index (χ1n) is 7.08. The van der Waals surface area contributed by atoms with Crippen LogP contribution >= 0.6 is 23.4 Å². The van der Waals surface area contributed by atoms with Crippen molar-refractivity contribution < 1.29 is 19.1 Å². The molecule has 2 rings (SSSR count). The third kappa shape index (κ3) is 5.44. The highest BCUT2D eigenvalue weighted by Crippen LogP contribution is 2.17. The van der Waals surface area contributed by atoms with Gasteiger partial charge in [0, 0.05) is 17.3 Å². The molecular weight excluding hydrogens is 340 g/mol. The maximum atomic E-state index is 11.8. The van der Waals surface area contributed by atoms with Crippen molar-refractivity contribution in [2.24, 2.45) is 0 Å². The van der Waals surface area contributed by atoms with Crippen molar-refractivity contribution in [3.8, 4) is 0 Å². The van der Waals surface area contributed by atoms with E-state index in [-0.39, 0.29) is 24.4 Å². The van der Waals surface area contributed by atoms with Crippen LogP contribution in [0, 0.1) is 0 Å². The molecule has 0 aliphatic carbocycles. The van der Waals surface area contributed by atoms with Crippen LogP contribution in [0.3, 0.4) is 0 Å². The van der Waals surface area contributed by atoms with Gasteiger partial charge in [-0.25, -0.2) is 0 Å². The molecule has 0 aromatic heterocycles. The Labute approximate surface area is 143 Å². The Bertz CT molecular complexity index is 611. The van der Waals surface area contributed by atoms with Crippen molar-refractivity contribution in [2.75, 3.05) is 25.4 Å². The zero-order valence-electron chi connectivity index (χ0n) is 12.6. The van der Waals surface area contributed by atoms with Gasteiger partial charge in [0.05, 0.1) is 6.04 Å². The second-order valence-electron chi connectivity index (χ2n) is 5.04. The van der Waals surface area contributed by atoms with Crippen molar-refractivity contribution in [3.63, 3.8) is 0 Å². The molecular formula is C15H17ClN2O4S. The van der Waals surface area contributed by atoms with E-state index in [1.165, 1.54) is 16.7 Å². The van der Waals surface area contributed by atoms with Crippen molar-refractivity contribution in [3.05, 3.63) is 34.9 Å². The Morgan fingerprint density at radius 2 is 2.26 bits per heavy atom. The fourth-order valence-corrected chi connectivity index (χ4v) is 3.08. The van der Waals surface area contributed by atoms with Gasteiger partial charge in [-0.2, -0.15) is 0 Å². The maximum absolute atomic E-state index is 11.8. The van der Waals surface area contributed by atoms with Gasteiger partial charge in [-0.15, -0.1) is 0 Å². The molecule has 0 unspecified atom stereocenters. The predicted molar refractivity (Wildman–Crippen MR) is 88.4 cm³/mol. The maximum Gasteiger partial charge on any atom is 0.326 e. The van der Waals surface area contributed by atoms with E-state index < -0.39 is 11.9 Å². The van der Waals surface area contributed by atoms with Gasteiger partial charge >= 0.3 is 5.97 Å². The number of nitrogens with zero attached hydrogens (tertiary/aromatic N) is 1. The Kier molecular flexibility index (Phi) is 6.29. The average Bonchev–Trinajstić information content (AvgIpc) is 2.90. The highest BCUT2D eigenvalue weighted by molar-refractivity contribution is 8.13. The number of halogens is 1. The number of nitrogens with one attached hydrogen (secondary N) is 1. The molecule has 1 atom stereocenters. The van der Waals surface area contributed by atoms with Crippen LogP contribution < -0.4 is 5.32 Å². The van der Waals surface area contributed by atoms with E-state index in [9.17, 15) is 14.4 Å². The highest BCUT2D eigenvalue weighted by Gasteiger charge is 2.24. The van der Waals surface area contributed by atoms with E-state index in [2.05, 4.69) is 5.32 Å². The molecule has 0 spiro atoms. The summed E-state index contributed by atoms with van der Waals surface area (Å²) in [6.45, 7) is 1.84. The molecule has 1 fully saturated rings. The minimum Gasteiger partial charge on any atom is -0.454 e. The lowest BCUT2D eigenvalue weighted by molar-refractivity contribution is -0.149. The normalized spacial score (nSPS) is 15.4. The molecule has 6 nitrogen and oxygen atoms in total. The molecule has 8 heteroatoms. The molecule has 0 saturated carbocycles. The number of hydrogen-bond donors (Lipinski definition) is 1. The van der Waals surface area contributed by atoms with Crippen LogP contribution in [-0.4, -0.2) is 47.5 Å². The Morgan fingerprint density at radius 1 is 1.48 bits per heavy atom. The summed E-state index contributed by atoms with van der Waals surface area (Å²) in [7, 11) is 0. The van der Waals surface area contributed by atoms with E-state index in [1.54, 1.807) is 18.2 Å². The molecule has 1 aliphatic heterocycles. The van der Waals surface area contributed by atoms with Crippen LogP contribution in [0.15, 0.2) is 24.3 Å². The van der Waals surface area contributed by atoms with Gasteiger partial charge in [0.15, 0.2) is 6.61 Å². The van der Waals surface area contributed by atoms with Gasteiger partial charge in [-0.05, 0) is 24.6 Å². The molecule has 0 bridgehead atoms. The van der Waals surface area contributed by atoms with E-state index >= 15 is 0 Å². The largest absolute Gasteiger partial charge is 0.454 e. The summed E-state index contributed by atoms with van der Waals surface area (Å²) in [5, 5.41) is 3.17. The number of benzene rings is 1. The van der Waals surface area contributed by atoms with Gasteiger partial charge in [0.25, 0.3) is 11.1 Å². The molecule has 23 heavy (non-hydrogen) atoms. The van der Waals surface area contributed by atoms with E-state index in [0.717, 1.165) is 5.56 Å². The molecule has 2 amide bonds. The molecule has 1 saturated heterocycles. The number of carbonyl (C=O) groups excluding carboxylic acids is 3. The Hall–Kier alpha value is -1.73. The van der Waals surface area contributed by atoms with Crippen molar-refractivity contribution in [1.29, 1.82) is 0 Å². The standard InChI is InChI=1S/C15H17ClN2O4S/c1-10(11-3-2-4-12(16)7-11)17-13(19)9-22-14(20)8-18-5-6-23-15(18)21/h2-4,7,10H,5-6,8-9H2,1H3,(H,17,19)/t10-/m1/s1. The Morgan fingerprint density at radius 3 is 2.91 bits per heavy atom. The van der Waals surface area contributed by atoms with E-state index in [4.69, 9.17) is 16.3 Å². The first kappa shape index (κ1) is 17.6. The summed E-state index contributed by atoms with van der Waals surface area (Å²) in [4.78, 5) is 36.2. The quantitative estimate of drug-likeness (QED) is 0.791. The lowest BCUT2D eigenvalue weighted by Gasteiger charge is -2.16. The Balaban J connectivity index is 1.74. The zero-order chi connectivity index (χ0) is 16.8. The first-order valence-corrected chi connectivity index (χ1v) is 8.44. The summed E-state index contributed by atoms with van der Waals surface area (Å²) in [6, 6.07) is 6.90. The third-order valence-corrected chi connectivity index (χ3v) is 4.38. The van der Waals surface area contributed by atoms with Gasteiger partial charge in [0.1, 0.15) is 6.54 Å². The number of carbonyl (C=O) groups is 3. The van der Waals surface area contributed by atoms with Crippen molar-refractivity contribution >= 4 is 40.5 Å². The van der Waals surface area contributed by atoms with Gasteiger partial charge in [0.2, 0.25) is 0 Å². The molecule has 1 aromatic carbocycles. The lowest BCUT2D eigenvalue weighted by atomic mass is 10.1. The minimum absolute atomic E-state index is 0.122. The van der Waals surface area contributed by atoms with Crippen LogP contribution in [0.4, 0.5) is 4.79 Å². The minimum atomic E-state index is -0.591. The van der Waals surface area contributed by atoms with Gasteiger partial charge < -0.3 is 15.0 Å². The molecule has 1 aromatic rings. The molecule has 0 radical (unpaired) electrons. The molecule has 1 N–H and O–H groups in total. The lowest BCUT2D eigenvalue weighted by Crippen LogP contribution is -2.35. The monoisotopic (exact) mass is 356 g/mol. The van der Waals surface area contributed by atoms with E-state index in [0.29, 0.717) is 17.3 Å². The number of ether oxygens (including phenoxy) is 1. The fourth-order valence-electron chi connectivity index (χ4n) is 2.06. The molecule has 124 valence electrons. The third-order valence-electron chi connectivity index (χ3n) is 3.26. The SMILES string of the molecule is C[C@@H](NC(=O)COC(=O)CN1CCSC1=O)c1cccc(Cl)c1. The number of esters is 1. The van der Waals surface area contributed by atoms with Crippen molar-refractivity contribution in [2.45, 2.75) is 13.0 Å². The summed E-state index contributed by atoms with van der Waals surface area (Å²) in [5.74, 6) is -0.330. The first-order chi connectivity index (χ1) is 11.0. The van der Waals surface area contributed by atoms with Crippen LogP contribution in [0.5, 0.6) is 0 Å². The zero-order valence-corrected chi connectivity index (χ0v) is 14.2. The smallest absolute Gasteiger partial charge is 0.326 e. The summed E-state index contributed by atoms with van der Waals surface area (Å²) in [5.41, 5.74) is 0.858. The second-order valence-corrected chi connectivity index (χ2v) is 6.52. The highest BCUT2D eigenvalue weighted by atomic mass is 35.5. The van der Waals surface area contributed by atoms with Crippen molar-refractivity contribution in [1.82, 2.24) is 10.2 Å². The summed E-state index contributed by atoms with van der Waals surface area (Å²) < 4.78 is 4.89. The van der Waals surface area contributed by atoms with Crippen LogP contribution in [-0.2, 0) is 14.3 Å². The average molecular weight is 357 g/mol. The number of thioether (sulfide) groups is 1. The molecule has 1 aliphatic rings. The van der Waals surface area contributed by atoms with E-state index in [1.807, 2.05) is 13.0 Å². The van der Waals surface area contributed by atoms with Crippen LogP contribution in [0.2, 0.25) is 5.02 Å². The summed E-state index contributed by atoms with van der Waals surface area (Å²) in [6.07, 6.45) is 0. The topological polar surface area (TPSA) is 75.7 Å². The molecule has 1 heterocycles. The number of hydrogen-bond acceptors (Lipinski definition) is 5. The second kappa shape index (κ2) is 8.21.